The van der Waals surface area contributed by atoms with Gasteiger partial charge >= 0.3 is 0 Å². The molecule has 1 heterocycles. The zero-order valence-corrected chi connectivity index (χ0v) is 19.0. The number of halogens is 1. The zero-order chi connectivity index (χ0) is 22.9. The average molecular weight is 446 g/mol. The molecule has 0 aliphatic carbocycles. The van der Waals surface area contributed by atoms with Crippen LogP contribution in [0, 0.1) is 0 Å². The molecule has 0 bridgehead atoms. The number of fused-ring (bicyclic) bond motifs is 1. The van der Waals surface area contributed by atoms with E-state index in [2.05, 4.69) is 38.2 Å². The molecule has 0 saturated heterocycles. The topological polar surface area (TPSA) is 59.3 Å². The molecule has 3 aromatic carbocycles. The van der Waals surface area contributed by atoms with Gasteiger partial charge in [0.05, 0.1) is 11.8 Å². The molecule has 0 radical (unpaired) electrons. The third kappa shape index (κ3) is 4.92. The predicted molar refractivity (Wildman–Crippen MR) is 130 cm³/mol. The minimum atomic E-state index is -0.174. The highest BCUT2D eigenvalue weighted by Gasteiger charge is 2.14. The second-order valence-corrected chi connectivity index (χ2v) is 9.30. The van der Waals surface area contributed by atoms with Crippen LogP contribution in [0.5, 0.6) is 0 Å². The van der Waals surface area contributed by atoms with Crippen molar-refractivity contribution < 1.29 is 9.21 Å². The van der Waals surface area contributed by atoms with Crippen molar-refractivity contribution in [2.75, 3.05) is 5.32 Å². The number of amides is 1. The van der Waals surface area contributed by atoms with Gasteiger partial charge in [0, 0.05) is 22.3 Å². The van der Waals surface area contributed by atoms with Gasteiger partial charge in [-0.25, -0.2) is 0 Å². The standard InChI is InChI=1S/C27H24ClNO3/c1-27(2,3)19-8-6-18(7-9-19)25-16-23(30)22-15-21(12-13-24(22)32-25)29-26(31)14-17-4-10-20(28)11-5-17/h4-13,15-16H,14H2,1-3H3,(H,29,31). The summed E-state index contributed by atoms with van der Waals surface area (Å²) in [6.07, 6.45) is 0.216. The maximum absolute atomic E-state index is 12.8. The maximum Gasteiger partial charge on any atom is 0.228 e. The molecule has 0 aliphatic rings. The summed E-state index contributed by atoms with van der Waals surface area (Å²) in [6.45, 7) is 6.47. The summed E-state index contributed by atoms with van der Waals surface area (Å²) in [5, 5.41) is 3.88. The Morgan fingerprint density at radius 2 is 1.62 bits per heavy atom. The van der Waals surface area contributed by atoms with Crippen LogP contribution in [0.2, 0.25) is 5.02 Å². The highest BCUT2D eigenvalue weighted by Crippen LogP contribution is 2.27. The van der Waals surface area contributed by atoms with Crippen molar-refractivity contribution in [3.63, 3.8) is 0 Å². The fourth-order valence-electron chi connectivity index (χ4n) is 3.50. The van der Waals surface area contributed by atoms with Crippen molar-refractivity contribution >= 4 is 34.2 Å². The fraction of sp³-hybridized carbons (Fsp3) is 0.185. The van der Waals surface area contributed by atoms with Crippen molar-refractivity contribution in [1.29, 1.82) is 0 Å². The van der Waals surface area contributed by atoms with Gasteiger partial charge in [0.15, 0.2) is 5.43 Å². The van der Waals surface area contributed by atoms with Gasteiger partial charge in [-0.2, -0.15) is 0 Å². The van der Waals surface area contributed by atoms with E-state index in [-0.39, 0.29) is 23.2 Å². The third-order valence-corrected chi connectivity index (χ3v) is 5.58. The number of carbonyl (C=O) groups excluding carboxylic acids is 1. The largest absolute Gasteiger partial charge is 0.456 e. The van der Waals surface area contributed by atoms with Crippen LogP contribution in [0.25, 0.3) is 22.3 Å². The molecule has 0 fully saturated rings. The lowest BCUT2D eigenvalue weighted by Crippen LogP contribution is -2.14. The molecule has 1 amide bonds. The molecule has 4 nitrogen and oxygen atoms in total. The molecule has 0 aliphatic heterocycles. The number of anilines is 1. The molecule has 0 atom stereocenters. The van der Waals surface area contributed by atoms with Gasteiger partial charge in [-0.05, 0) is 46.9 Å². The summed E-state index contributed by atoms with van der Waals surface area (Å²) in [6, 6.07) is 21.8. The van der Waals surface area contributed by atoms with Crippen molar-refractivity contribution in [1.82, 2.24) is 0 Å². The molecule has 32 heavy (non-hydrogen) atoms. The molecule has 0 spiro atoms. The summed E-state index contributed by atoms with van der Waals surface area (Å²) in [7, 11) is 0. The van der Waals surface area contributed by atoms with Crippen LogP contribution in [0.15, 0.2) is 82.0 Å². The Labute approximate surface area is 191 Å². The maximum atomic E-state index is 12.8. The van der Waals surface area contributed by atoms with Gasteiger partial charge in [0.2, 0.25) is 5.91 Å². The van der Waals surface area contributed by atoms with Crippen molar-refractivity contribution in [2.24, 2.45) is 0 Å². The molecular formula is C27H24ClNO3. The summed E-state index contributed by atoms with van der Waals surface area (Å²) >= 11 is 5.88. The zero-order valence-electron chi connectivity index (χ0n) is 18.2. The number of carbonyl (C=O) groups is 1. The molecule has 4 rings (SSSR count). The van der Waals surface area contributed by atoms with Crippen LogP contribution in [0.3, 0.4) is 0 Å². The van der Waals surface area contributed by atoms with E-state index in [1.54, 1.807) is 30.3 Å². The van der Waals surface area contributed by atoms with E-state index in [0.717, 1.165) is 11.1 Å². The Kier molecular flexibility index (Phi) is 5.90. The number of benzene rings is 3. The van der Waals surface area contributed by atoms with E-state index in [1.165, 1.54) is 11.6 Å². The second-order valence-electron chi connectivity index (χ2n) is 8.86. The van der Waals surface area contributed by atoms with Crippen LogP contribution >= 0.6 is 11.6 Å². The quantitative estimate of drug-likeness (QED) is 0.385. The van der Waals surface area contributed by atoms with Gasteiger partial charge in [-0.15, -0.1) is 0 Å². The van der Waals surface area contributed by atoms with Crippen molar-refractivity contribution in [3.8, 4) is 11.3 Å². The first-order chi connectivity index (χ1) is 15.2. The van der Waals surface area contributed by atoms with Gasteiger partial charge in [0.1, 0.15) is 11.3 Å². The van der Waals surface area contributed by atoms with Crippen molar-refractivity contribution in [2.45, 2.75) is 32.6 Å². The molecule has 1 aromatic heterocycles. The van der Waals surface area contributed by atoms with Crippen LogP contribution in [0.1, 0.15) is 31.9 Å². The first-order valence-corrected chi connectivity index (χ1v) is 10.8. The highest BCUT2D eigenvalue weighted by molar-refractivity contribution is 6.30. The van der Waals surface area contributed by atoms with E-state index in [1.807, 2.05) is 24.3 Å². The normalized spacial score (nSPS) is 11.5. The molecular weight excluding hydrogens is 422 g/mol. The summed E-state index contributed by atoms with van der Waals surface area (Å²) in [5.41, 5.74) is 3.83. The first-order valence-electron chi connectivity index (χ1n) is 10.4. The lowest BCUT2D eigenvalue weighted by atomic mass is 9.86. The van der Waals surface area contributed by atoms with Crippen LogP contribution in [0.4, 0.5) is 5.69 Å². The smallest absolute Gasteiger partial charge is 0.228 e. The van der Waals surface area contributed by atoms with Crippen LogP contribution in [-0.2, 0) is 16.6 Å². The monoisotopic (exact) mass is 445 g/mol. The highest BCUT2D eigenvalue weighted by atomic mass is 35.5. The van der Waals surface area contributed by atoms with Crippen LogP contribution in [-0.4, -0.2) is 5.91 Å². The van der Waals surface area contributed by atoms with Crippen molar-refractivity contribution in [3.05, 3.63) is 99.2 Å². The summed E-state index contributed by atoms with van der Waals surface area (Å²) < 4.78 is 6.00. The molecule has 162 valence electrons. The Bertz CT molecular complexity index is 1330. The number of hydrogen-bond acceptors (Lipinski definition) is 3. The summed E-state index contributed by atoms with van der Waals surface area (Å²) in [5.74, 6) is 0.342. The van der Waals surface area contributed by atoms with Gasteiger partial charge in [0.25, 0.3) is 0 Å². The predicted octanol–water partition coefficient (Wildman–Crippen LogP) is 6.59. The van der Waals surface area contributed by atoms with Gasteiger partial charge in [-0.3, -0.25) is 9.59 Å². The SMILES string of the molecule is CC(C)(C)c1ccc(-c2cc(=O)c3cc(NC(=O)Cc4ccc(Cl)cc4)ccc3o2)cc1. The number of hydrogen-bond donors (Lipinski definition) is 1. The Hall–Kier alpha value is -3.37. The van der Waals surface area contributed by atoms with E-state index in [0.29, 0.717) is 27.4 Å². The van der Waals surface area contributed by atoms with E-state index in [4.69, 9.17) is 16.0 Å². The van der Waals surface area contributed by atoms with E-state index in [9.17, 15) is 9.59 Å². The Morgan fingerprint density at radius 3 is 2.28 bits per heavy atom. The molecule has 0 unspecified atom stereocenters. The average Bonchev–Trinajstić information content (AvgIpc) is 2.75. The lowest BCUT2D eigenvalue weighted by Gasteiger charge is -2.19. The van der Waals surface area contributed by atoms with E-state index >= 15 is 0 Å². The molecule has 0 saturated carbocycles. The minimum absolute atomic E-state index is 0.0527. The van der Waals surface area contributed by atoms with Gasteiger partial charge < -0.3 is 9.73 Å². The van der Waals surface area contributed by atoms with E-state index < -0.39 is 0 Å². The molecule has 5 heteroatoms. The second kappa shape index (κ2) is 8.64. The first kappa shape index (κ1) is 21.8. The lowest BCUT2D eigenvalue weighted by molar-refractivity contribution is -0.115. The Balaban J connectivity index is 1.56. The third-order valence-electron chi connectivity index (χ3n) is 5.32. The minimum Gasteiger partial charge on any atom is -0.456 e. The Morgan fingerprint density at radius 1 is 0.938 bits per heavy atom. The van der Waals surface area contributed by atoms with Gasteiger partial charge in [-0.1, -0.05) is 68.8 Å². The molecule has 1 N–H and O–H groups in total. The number of nitrogens with one attached hydrogen (secondary N) is 1. The van der Waals surface area contributed by atoms with Crippen LogP contribution < -0.4 is 10.7 Å². The number of rotatable bonds is 4. The molecule has 4 aromatic rings. The summed E-state index contributed by atoms with van der Waals surface area (Å²) in [4.78, 5) is 25.2. The fourth-order valence-corrected chi connectivity index (χ4v) is 3.63.